The molecule has 0 unspecified atom stereocenters. The molecule has 88 valence electrons. The average Bonchev–Trinajstić information content (AvgIpc) is 2.17. The van der Waals surface area contributed by atoms with Crippen molar-refractivity contribution < 1.29 is 0 Å². The molecule has 0 spiro atoms. The number of allylic oxidation sites excluding steroid dienone is 1. The van der Waals surface area contributed by atoms with E-state index in [1.807, 2.05) is 0 Å². The third kappa shape index (κ3) is 4.59. The van der Waals surface area contributed by atoms with Crippen molar-refractivity contribution in [3.05, 3.63) is 11.9 Å². The van der Waals surface area contributed by atoms with Crippen LogP contribution in [0.1, 0.15) is 40.5 Å². The summed E-state index contributed by atoms with van der Waals surface area (Å²) in [5.41, 5.74) is 1.50. The Bertz CT molecular complexity index is 197. The molecular weight excluding hydrogens is 184 g/mol. The molecule has 0 aromatic rings. The number of hydrogen-bond donors (Lipinski definition) is 1. The van der Waals surface area contributed by atoms with Crippen LogP contribution in [0.15, 0.2) is 11.9 Å². The molecule has 0 saturated carbocycles. The zero-order valence-corrected chi connectivity index (χ0v) is 10.7. The zero-order chi connectivity index (χ0) is 11.3. The second-order valence-corrected chi connectivity index (χ2v) is 5.39. The molecule has 1 N–H and O–H groups in total. The smallest absolute Gasteiger partial charge is 0.0293 e. The lowest BCUT2D eigenvalue weighted by Gasteiger charge is -2.32. The quantitative estimate of drug-likeness (QED) is 0.750. The Kier molecular flexibility index (Phi) is 5.00. The normalized spacial score (nSPS) is 16.5. The summed E-state index contributed by atoms with van der Waals surface area (Å²) in [5, 5.41) is 3.36. The molecule has 1 aliphatic rings. The molecule has 1 rings (SSSR count). The van der Waals surface area contributed by atoms with Crippen LogP contribution in [0, 0.1) is 11.8 Å². The lowest BCUT2D eigenvalue weighted by atomic mass is 10.1. The maximum atomic E-state index is 3.36. The van der Waals surface area contributed by atoms with Gasteiger partial charge in [0.25, 0.3) is 0 Å². The molecule has 15 heavy (non-hydrogen) atoms. The summed E-state index contributed by atoms with van der Waals surface area (Å²) in [4.78, 5) is 2.56. The van der Waals surface area contributed by atoms with Crippen molar-refractivity contribution in [1.82, 2.24) is 10.2 Å². The highest BCUT2D eigenvalue weighted by Gasteiger charge is 2.14. The van der Waals surface area contributed by atoms with E-state index in [4.69, 9.17) is 0 Å². The highest BCUT2D eigenvalue weighted by Crippen LogP contribution is 2.17. The number of nitrogens with zero attached hydrogens (tertiary/aromatic N) is 1. The molecule has 1 aliphatic heterocycles. The van der Waals surface area contributed by atoms with E-state index in [1.54, 1.807) is 0 Å². The lowest BCUT2D eigenvalue weighted by molar-refractivity contribution is 0.259. The molecule has 0 aromatic carbocycles. The molecule has 0 aromatic heterocycles. The SMILES string of the molecule is CC(C)CN(CC(C)C)C1=CNCCC1. The minimum absolute atomic E-state index is 0.742. The summed E-state index contributed by atoms with van der Waals surface area (Å²) in [5.74, 6) is 1.48. The third-order valence-corrected chi connectivity index (χ3v) is 2.60. The molecule has 1 heterocycles. The van der Waals surface area contributed by atoms with Crippen molar-refractivity contribution in [2.75, 3.05) is 19.6 Å². The Morgan fingerprint density at radius 3 is 2.20 bits per heavy atom. The standard InChI is InChI=1S/C13H26N2/c1-11(2)9-15(10-12(3)4)13-6-5-7-14-8-13/h8,11-12,14H,5-7,9-10H2,1-4H3. The van der Waals surface area contributed by atoms with Crippen molar-refractivity contribution in [2.45, 2.75) is 40.5 Å². The number of nitrogens with one attached hydrogen (secondary N) is 1. The van der Waals surface area contributed by atoms with E-state index >= 15 is 0 Å². The first-order valence-electron chi connectivity index (χ1n) is 6.27. The predicted molar refractivity (Wildman–Crippen MR) is 66.6 cm³/mol. The molecule has 2 nitrogen and oxygen atoms in total. The average molecular weight is 210 g/mol. The van der Waals surface area contributed by atoms with Gasteiger partial charge in [-0.05, 0) is 24.7 Å². The van der Waals surface area contributed by atoms with Crippen LogP contribution in [-0.2, 0) is 0 Å². The van der Waals surface area contributed by atoms with Gasteiger partial charge in [0, 0.05) is 31.5 Å². The van der Waals surface area contributed by atoms with Gasteiger partial charge < -0.3 is 10.2 Å². The molecule has 0 aliphatic carbocycles. The minimum atomic E-state index is 0.742. The van der Waals surface area contributed by atoms with Crippen LogP contribution in [-0.4, -0.2) is 24.5 Å². The minimum Gasteiger partial charge on any atom is -0.389 e. The van der Waals surface area contributed by atoms with Gasteiger partial charge in [-0.3, -0.25) is 0 Å². The fourth-order valence-electron chi connectivity index (χ4n) is 2.07. The predicted octanol–water partition coefficient (Wildman–Crippen LogP) is 2.83. The van der Waals surface area contributed by atoms with Gasteiger partial charge in [-0.2, -0.15) is 0 Å². The van der Waals surface area contributed by atoms with E-state index in [1.165, 1.54) is 31.6 Å². The van der Waals surface area contributed by atoms with Gasteiger partial charge in [-0.1, -0.05) is 27.7 Å². The van der Waals surface area contributed by atoms with Crippen LogP contribution in [0.4, 0.5) is 0 Å². The van der Waals surface area contributed by atoms with Crippen molar-refractivity contribution in [3.63, 3.8) is 0 Å². The first-order chi connectivity index (χ1) is 7.09. The van der Waals surface area contributed by atoms with Crippen LogP contribution in [0.5, 0.6) is 0 Å². The molecule has 0 amide bonds. The summed E-state index contributed by atoms with van der Waals surface area (Å²) in [7, 11) is 0. The van der Waals surface area contributed by atoms with Crippen LogP contribution < -0.4 is 5.32 Å². The summed E-state index contributed by atoms with van der Waals surface area (Å²) in [6, 6.07) is 0. The van der Waals surface area contributed by atoms with Gasteiger partial charge in [0.15, 0.2) is 0 Å². The molecule has 0 bridgehead atoms. The summed E-state index contributed by atoms with van der Waals surface area (Å²) >= 11 is 0. The Labute approximate surface area is 94.7 Å². The van der Waals surface area contributed by atoms with Gasteiger partial charge >= 0.3 is 0 Å². The van der Waals surface area contributed by atoms with Crippen LogP contribution in [0.25, 0.3) is 0 Å². The van der Waals surface area contributed by atoms with E-state index in [2.05, 4.69) is 44.1 Å². The van der Waals surface area contributed by atoms with Crippen LogP contribution in [0.2, 0.25) is 0 Å². The second kappa shape index (κ2) is 6.04. The van der Waals surface area contributed by atoms with Gasteiger partial charge in [-0.15, -0.1) is 0 Å². The number of rotatable bonds is 5. The van der Waals surface area contributed by atoms with E-state index in [0.29, 0.717) is 0 Å². The Morgan fingerprint density at radius 2 is 1.80 bits per heavy atom. The monoisotopic (exact) mass is 210 g/mol. The van der Waals surface area contributed by atoms with Gasteiger partial charge in [0.1, 0.15) is 0 Å². The lowest BCUT2D eigenvalue weighted by Crippen LogP contribution is -2.33. The maximum Gasteiger partial charge on any atom is 0.0293 e. The van der Waals surface area contributed by atoms with Crippen molar-refractivity contribution in [2.24, 2.45) is 11.8 Å². The topological polar surface area (TPSA) is 15.3 Å². The largest absolute Gasteiger partial charge is 0.389 e. The summed E-state index contributed by atoms with van der Waals surface area (Å²) in [6.45, 7) is 12.7. The third-order valence-electron chi connectivity index (χ3n) is 2.60. The maximum absolute atomic E-state index is 3.36. The van der Waals surface area contributed by atoms with E-state index in [0.717, 1.165) is 18.4 Å². The van der Waals surface area contributed by atoms with E-state index < -0.39 is 0 Å². The molecule has 2 heteroatoms. The van der Waals surface area contributed by atoms with Crippen molar-refractivity contribution in [3.8, 4) is 0 Å². The molecule has 0 fully saturated rings. The molecule has 0 saturated heterocycles. The highest BCUT2D eigenvalue weighted by atomic mass is 15.1. The number of hydrogen-bond acceptors (Lipinski definition) is 2. The Morgan fingerprint density at radius 1 is 1.20 bits per heavy atom. The second-order valence-electron chi connectivity index (χ2n) is 5.39. The van der Waals surface area contributed by atoms with Gasteiger partial charge in [0.05, 0.1) is 0 Å². The molecular formula is C13H26N2. The Hall–Kier alpha value is -0.660. The fourth-order valence-corrected chi connectivity index (χ4v) is 2.07. The van der Waals surface area contributed by atoms with Gasteiger partial charge in [0.2, 0.25) is 0 Å². The first kappa shape index (κ1) is 12.4. The van der Waals surface area contributed by atoms with Crippen molar-refractivity contribution in [1.29, 1.82) is 0 Å². The molecule has 0 radical (unpaired) electrons. The summed E-state index contributed by atoms with van der Waals surface area (Å²) < 4.78 is 0. The van der Waals surface area contributed by atoms with Crippen LogP contribution in [0.3, 0.4) is 0 Å². The Balaban J connectivity index is 2.57. The zero-order valence-electron chi connectivity index (χ0n) is 10.7. The first-order valence-corrected chi connectivity index (χ1v) is 6.27. The fraction of sp³-hybridized carbons (Fsp3) is 0.846. The van der Waals surface area contributed by atoms with Crippen molar-refractivity contribution >= 4 is 0 Å². The van der Waals surface area contributed by atoms with E-state index in [9.17, 15) is 0 Å². The summed E-state index contributed by atoms with van der Waals surface area (Å²) in [6.07, 6.45) is 4.74. The van der Waals surface area contributed by atoms with Gasteiger partial charge in [-0.25, -0.2) is 0 Å². The van der Waals surface area contributed by atoms with E-state index in [-0.39, 0.29) is 0 Å². The molecule has 0 atom stereocenters. The van der Waals surface area contributed by atoms with Crippen LogP contribution >= 0.6 is 0 Å². The highest BCUT2D eigenvalue weighted by molar-refractivity contribution is 5.03.